The molecule has 0 aliphatic heterocycles. The number of hydrogen-bond acceptors (Lipinski definition) is 5. The molecule has 0 fully saturated rings. The zero-order valence-corrected chi connectivity index (χ0v) is 20.1. The van der Waals surface area contributed by atoms with Crippen LogP contribution < -0.4 is 5.32 Å². The second-order valence-electron chi connectivity index (χ2n) is 7.84. The molecular formula is C23H18Cl2F3N3O6. The molecule has 3 aromatic rings. The highest BCUT2D eigenvalue weighted by molar-refractivity contribution is 6.31. The number of rotatable bonds is 9. The molecule has 0 aliphatic carbocycles. The third-order valence-electron chi connectivity index (χ3n) is 5.28. The van der Waals surface area contributed by atoms with Crippen LogP contribution in [0.15, 0.2) is 48.5 Å². The summed E-state index contributed by atoms with van der Waals surface area (Å²) in [7, 11) is 0. The van der Waals surface area contributed by atoms with Crippen molar-refractivity contribution in [2.24, 2.45) is 0 Å². The van der Waals surface area contributed by atoms with Crippen LogP contribution in [0.1, 0.15) is 37.7 Å². The Hall–Kier alpha value is -3.61. The lowest BCUT2D eigenvalue weighted by atomic mass is 10.0. The van der Waals surface area contributed by atoms with Crippen molar-refractivity contribution >= 4 is 41.0 Å². The van der Waals surface area contributed by atoms with E-state index in [4.69, 9.17) is 23.2 Å². The van der Waals surface area contributed by atoms with Gasteiger partial charge in [0.25, 0.3) is 5.91 Å². The van der Waals surface area contributed by atoms with Gasteiger partial charge in [0.15, 0.2) is 11.8 Å². The van der Waals surface area contributed by atoms with E-state index in [0.717, 1.165) is 12.1 Å². The SMILES string of the molecule is O=C(N[C@H](Cc1ccccc1Cl)[C@@H](O)C(=O)O)c1cc(C(=O)O)n(Cc2ccc(Cl)cc2C(F)(F)F)n1. The topological polar surface area (TPSA) is 142 Å². The van der Waals surface area contributed by atoms with Crippen molar-refractivity contribution < 1.29 is 42.9 Å². The van der Waals surface area contributed by atoms with Crippen LogP contribution in [-0.4, -0.2) is 55.1 Å². The molecule has 1 heterocycles. The Kier molecular flexibility index (Phi) is 8.46. The summed E-state index contributed by atoms with van der Waals surface area (Å²) in [5.74, 6) is -4.28. The minimum atomic E-state index is -4.80. The number of alkyl halides is 3. The van der Waals surface area contributed by atoms with Gasteiger partial charge in [0.1, 0.15) is 5.69 Å². The highest BCUT2D eigenvalue weighted by Gasteiger charge is 2.34. The van der Waals surface area contributed by atoms with Crippen molar-refractivity contribution in [3.05, 3.63) is 86.7 Å². The van der Waals surface area contributed by atoms with Crippen LogP contribution in [0, 0.1) is 0 Å². The van der Waals surface area contributed by atoms with Crippen LogP contribution in [0.25, 0.3) is 0 Å². The quantitative estimate of drug-likeness (QED) is 0.313. The van der Waals surface area contributed by atoms with E-state index in [0.29, 0.717) is 16.3 Å². The number of aliphatic carboxylic acids is 1. The van der Waals surface area contributed by atoms with Gasteiger partial charge >= 0.3 is 18.1 Å². The maximum Gasteiger partial charge on any atom is 0.416 e. The van der Waals surface area contributed by atoms with Crippen LogP contribution >= 0.6 is 23.2 Å². The molecule has 2 atom stereocenters. The van der Waals surface area contributed by atoms with Gasteiger partial charge in [-0.15, -0.1) is 0 Å². The van der Waals surface area contributed by atoms with E-state index in [9.17, 15) is 42.9 Å². The maximum absolute atomic E-state index is 13.5. The van der Waals surface area contributed by atoms with E-state index >= 15 is 0 Å². The van der Waals surface area contributed by atoms with Gasteiger partial charge in [-0.05, 0) is 35.7 Å². The van der Waals surface area contributed by atoms with E-state index in [2.05, 4.69) is 10.4 Å². The molecule has 0 radical (unpaired) electrons. The number of aliphatic hydroxyl groups is 1. The lowest BCUT2D eigenvalue weighted by Gasteiger charge is -2.21. The number of carbonyl (C=O) groups is 3. The zero-order valence-electron chi connectivity index (χ0n) is 18.5. The number of carbonyl (C=O) groups excluding carboxylic acids is 1. The predicted molar refractivity (Wildman–Crippen MR) is 125 cm³/mol. The van der Waals surface area contributed by atoms with E-state index in [1.165, 1.54) is 12.1 Å². The molecule has 14 heteroatoms. The first-order valence-electron chi connectivity index (χ1n) is 10.4. The fourth-order valence-electron chi connectivity index (χ4n) is 3.49. The van der Waals surface area contributed by atoms with E-state index in [1.54, 1.807) is 18.2 Å². The van der Waals surface area contributed by atoms with Crippen molar-refractivity contribution in [2.45, 2.75) is 31.3 Å². The summed E-state index contributed by atoms with van der Waals surface area (Å²) in [5, 5.41) is 35.0. The van der Waals surface area contributed by atoms with E-state index in [-0.39, 0.29) is 22.0 Å². The number of carboxylic acids is 2. The van der Waals surface area contributed by atoms with Gasteiger partial charge in [-0.3, -0.25) is 9.48 Å². The molecule has 1 aromatic heterocycles. The Morgan fingerprint density at radius 1 is 1.03 bits per heavy atom. The minimum absolute atomic E-state index is 0.184. The molecule has 0 saturated heterocycles. The monoisotopic (exact) mass is 559 g/mol. The molecule has 0 bridgehead atoms. The second-order valence-corrected chi connectivity index (χ2v) is 8.68. The smallest absolute Gasteiger partial charge is 0.416 e. The molecule has 9 nitrogen and oxygen atoms in total. The number of benzene rings is 2. The Labute approximate surface area is 217 Å². The van der Waals surface area contributed by atoms with Crippen molar-refractivity contribution in [3.63, 3.8) is 0 Å². The van der Waals surface area contributed by atoms with Gasteiger partial charge in [-0.2, -0.15) is 18.3 Å². The zero-order chi connectivity index (χ0) is 27.5. The molecule has 0 spiro atoms. The standard InChI is InChI=1S/C23H18Cl2F3N3O6/c24-13-6-5-12(14(8-13)23(26,27)28)10-31-18(21(34)35)9-17(30-31)20(33)29-16(19(32)22(36)37)7-11-3-1-2-4-15(11)25/h1-6,8-9,16,19,32H,7,10H2,(H,29,33)(H,34,35)(H,36,37)/t16-,19-/m1/s1. The van der Waals surface area contributed by atoms with E-state index in [1.807, 2.05) is 0 Å². The normalized spacial score (nSPS) is 13.1. The first-order chi connectivity index (χ1) is 17.3. The number of amides is 1. The third kappa shape index (κ3) is 6.79. The van der Waals surface area contributed by atoms with Crippen LogP contribution in [0.4, 0.5) is 13.2 Å². The molecule has 4 N–H and O–H groups in total. The summed E-state index contributed by atoms with van der Waals surface area (Å²) >= 11 is 11.8. The van der Waals surface area contributed by atoms with Crippen molar-refractivity contribution in [3.8, 4) is 0 Å². The minimum Gasteiger partial charge on any atom is -0.479 e. The van der Waals surface area contributed by atoms with Crippen molar-refractivity contribution in [1.29, 1.82) is 0 Å². The predicted octanol–water partition coefficient (Wildman–Crippen LogP) is 3.74. The molecule has 196 valence electrons. The number of hydrogen-bond donors (Lipinski definition) is 4. The van der Waals surface area contributed by atoms with Gasteiger partial charge in [-0.25, -0.2) is 9.59 Å². The van der Waals surface area contributed by atoms with Crippen LogP contribution in [0.2, 0.25) is 10.0 Å². The third-order valence-corrected chi connectivity index (χ3v) is 5.88. The summed E-state index contributed by atoms with van der Waals surface area (Å²) in [6.45, 7) is -0.665. The average molecular weight is 560 g/mol. The second kappa shape index (κ2) is 11.2. The number of nitrogens with zero attached hydrogens (tertiary/aromatic N) is 2. The molecule has 1 amide bonds. The molecule has 0 aliphatic rings. The Morgan fingerprint density at radius 3 is 2.30 bits per heavy atom. The molecular weight excluding hydrogens is 542 g/mol. The largest absolute Gasteiger partial charge is 0.479 e. The van der Waals surface area contributed by atoms with Crippen molar-refractivity contribution in [2.75, 3.05) is 0 Å². The summed E-state index contributed by atoms with van der Waals surface area (Å²) in [6, 6.07) is 8.65. The number of carboxylic acid groups (broad SMARTS) is 2. The first-order valence-corrected chi connectivity index (χ1v) is 11.2. The fourth-order valence-corrected chi connectivity index (χ4v) is 3.87. The average Bonchev–Trinajstić information content (AvgIpc) is 3.24. The summed E-state index contributed by atoms with van der Waals surface area (Å²) in [6.07, 6.45) is -7.06. The van der Waals surface area contributed by atoms with Gasteiger partial charge in [-0.1, -0.05) is 47.5 Å². The van der Waals surface area contributed by atoms with Crippen LogP contribution in [0.3, 0.4) is 0 Å². The van der Waals surface area contributed by atoms with Gasteiger partial charge in [0.05, 0.1) is 18.2 Å². The number of aromatic carboxylic acids is 1. The van der Waals surface area contributed by atoms with Crippen LogP contribution in [0.5, 0.6) is 0 Å². The summed E-state index contributed by atoms with van der Waals surface area (Å²) in [5.41, 5.74) is -2.18. The first kappa shape index (κ1) is 28.0. The molecule has 37 heavy (non-hydrogen) atoms. The Bertz CT molecular complexity index is 1350. The van der Waals surface area contributed by atoms with E-state index < -0.39 is 59.7 Å². The lowest BCUT2D eigenvalue weighted by molar-refractivity contribution is -0.148. The van der Waals surface area contributed by atoms with Crippen LogP contribution in [-0.2, 0) is 23.9 Å². The molecule has 3 rings (SSSR count). The molecule has 2 aromatic carbocycles. The van der Waals surface area contributed by atoms with Gasteiger partial charge in [0.2, 0.25) is 0 Å². The highest BCUT2D eigenvalue weighted by Crippen LogP contribution is 2.34. The number of aliphatic hydroxyl groups excluding tert-OH is 1. The number of halogens is 5. The summed E-state index contributed by atoms with van der Waals surface area (Å²) in [4.78, 5) is 36.0. The number of nitrogens with one attached hydrogen (secondary N) is 1. The van der Waals surface area contributed by atoms with Gasteiger partial charge in [0, 0.05) is 16.1 Å². The summed E-state index contributed by atoms with van der Waals surface area (Å²) < 4.78 is 41.1. The van der Waals surface area contributed by atoms with Gasteiger partial charge < -0.3 is 20.6 Å². The number of aromatic nitrogens is 2. The maximum atomic E-state index is 13.5. The molecule has 0 unspecified atom stereocenters. The highest BCUT2D eigenvalue weighted by atomic mass is 35.5. The van der Waals surface area contributed by atoms with Crippen molar-refractivity contribution in [1.82, 2.24) is 15.1 Å². The Morgan fingerprint density at radius 2 is 1.70 bits per heavy atom. The fraction of sp³-hybridized carbons (Fsp3) is 0.217. The Balaban J connectivity index is 1.93. The lowest BCUT2D eigenvalue weighted by Crippen LogP contribution is -2.48. The molecule has 0 saturated carbocycles.